The van der Waals surface area contributed by atoms with Crippen LogP contribution in [0.15, 0.2) is 16.7 Å². The van der Waals surface area contributed by atoms with Crippen molar-refractivity contribution in [3.8, 4) is 0 Å². The van der Waals surface area contributed by atoms with Gasteiger partial charge in [-0.3, -0.25) is 0 Å². The van der Waals surface area contributed by atoms with Gasteiger partial charge in [0.15, 0.2) is 0 Å². The monoisotopic (exact) mass is 232 g/mol. The maximum atomic E-state index is 6.32. The molecule has 3 aliphatic rings. The maximum absolute atomic E-state index is 6.32. The molecule has 6 atom stereocenters. The van der Waals surface area contributed by atoms with Crippen LogP contribution in [0.25, 0.3) is 0 Å². The molecule has 0 radical (unpaired) electrons. The number of ether oxygens (including phenoxy) is 1. The lowest BCUT2D eigenvalue weighted by Crippen LogP contribution is -2.45. The Morgan fingerprint density at radius 3 is 2.76 bits per heavy atom. The number of fused-ring (bicyclic) bond motifs is 2. The van der Waals surface area contributed by atoms with Gasteiger partial charge in [0.25, 0.3) is 0 Å². The molecule has 92 valence electrons. The second kappa shape index (κ2) is 2.64. The van der Waals surface area contributed by atoms with Crippen molar-refractivity contribution >= 4 is 0 Å². The van der Waals surface area contributed by atoms with Crippen molar-refractivity contribution in [2.24, 2.45) is 16.7 Å². The predicted octanol–water partition coefficient (Wildman–Crippen LogP) is 3.89. The van der Waals surface area contributed by atoms with Gasteiger partial charge in [-0.2, -0.15) is 0 Å². The Kier molecular flexibility index (Phi) is 1.58. The van der Waals surface area contributed by atoms with Crippen LogP contribution in [0.5, 0.6) is 0 Å². The first-order valence-electron chi connectivity index (χ1n) is 6.74. The normalized spacial score (nSPS) is 55.1. The highest BCUT2D eigenvalue weighted by Crippen LogP contribution is 2.76. The lowest BCUT2D eigenvalue weighted by Gasteiger charge is -2.48. The van der Waals surface area contributed by atoms with E-state index in [1.807, 2.05) is 6.26 Å². The van der Waals surface area contributed by atoms with Crippen LogP contribution in [0.4, 0.5) is 0 Å². The second-order valence-electron chi connectivity index (χ2n) is 6.67. The maximum Gasteiger partial charge on any atom is 0.136 e. The fourth-order valence-corrected chi connectivity index (χ4v) is 5.04. The molecule has 1 saturated heterocycles. The van der Waals surface area contributed by atoms with E-state index >= 15 is 0 Å². The minimum absolute atomic E-state index is 0.183. The van der Waals surface area contributed by atoms with Gasteiger partial charge >= 0.3 is 0 Å². The lowest BCUT2D eigenvalue weighted by molar-refractivity contribution is -0.0645. The van der Waals surface area contributed by atoms with E-state index in [1.54, 1.807) is 0 Å². The van der Waals surface area contributed by atoms with Gasteiger partial charge < -0.3 is 9.15 Å². The molecule has 1 saturated carbocycles. The van der Waals surface area contributed by atoms with E-state index in [1.165, 1.54) is 12.0 Å². The minimum atomic E-state index is 0.183. The Bertz CT molecular complexity index is 489. The third kappa shape index (κ3) is 0.788. The quantitative estimate of drug-likeness (QED) is 0.677. The molecule has 0 amide bonds. The molecule has 17 heavy (non-hydrogen) atoms. The summed E-state index contributed by atoms with van der Waals surface area (Å²) in [6, 6.07) is 2.15. The van der Waals surface area contributed by atoms with Crippen LogP contribution in [0.2, 0.25) is 0 Å². The molecule has 2 heterocycles. The average Bonchev–Trinajstić information content (AvgIpc) is 2.88. The van der Waals surface area contributed by atoms with Crippen molar-refractivity contribution in [2.75, 3.05) is 0 Å². The summed E-state index contributed by atoms with van der Waals surface area (Å²) in [5, 5.41) is 0. The molecule has 1 aliphatic heterocycles. The molecule has 4 rings (SSSR count). The van der Waals surface area contributed by atoms with E-state index < -0.39 is 0 Å². The molecule has 2 aliphatic carbocycles. The topological polar surface area (TPSA) is 22.4 Å². The highest BCUT2D eigenvalue weighted by Gasteiger charge is 2.73. The Balaban J connectivity index is 2.02. The Morgan fingerprint density at radius 1 is 1.24 bits per heavy atom. The van der Waals surface area contributed by atoms with E-state index in [4.69, 9.17) is 9.15 Å². The molecule has 2 fully saturated rings. The molecule has 2 heteroatoms. The van der Waals surface area contributed by atoms with Crippen molar-refractivity contribution in [3.05, 3.63) is 23.7 Å². The first-order chi connectivity index (χ1) is 8.01. The summed E-state index contributed by atoms with van der Waals surface area (Å²) >= 11 is 0. The van der Waals surface area contributed by atoms with Crippen molar-refractivity contribution in [2.45, 2.75) is 52.2 Å². The number of hydrogen-bond donors (Lipinski definition) is 0. The summed E-state index contributed by atoms with van der Waals surface area (Å²) in [7, 11) is 0. The molecule has 2 nitrogen and oxygen atoms in total. The van der Waals surface area contributed by atoms with Crippen molar-refractivity contribution in [1.29, 1.82) is 0 Å². The summed E-state index contributed by atoms with van der Waals surface area (Å²) in [4.78, 5) is 0. The van der Waals surface area contributed by atoms with Gasteiger partial charge in [0.2, 0.25) is 0 Å². The zero-order valence-corrected chi connectivity index (χ0v) is 11.0. The Morgan fingerprint density at radius 2 is 2.00 bits per heavy atom. The van der Waals surface area contributed by atoms with E-state index in [0.29, 0.717) is 12.0 Å². The van der Waals surface area contributed by atoms with E-state index in [9.17, 15) is 0 Å². The smallest absolute Gasteiger partial charge is 0.136 e. The molecular formula is C15H20O2. The van der Waals surface area contributed by atoms with E-state index in [0.717, 1.165) is 11.7 Å². The molecule has 4 bridgehead atoms. The highest BCUT2D eigenvalue weighted by atomic mass is 16.5. The van der Waals surface area contributed by atoms with Gasteiger partial charge in [-0.05, 0) is 29.9 Å². The number of hydrogen-bond acceptors (Lipinski definition) is 2. The van der Waals surface area contributed by atoms with Crippen molar-refractivity contribution in [3.63, 3.8) is 0 Å². The molecule has 1 aromatic heterocycles. The third-order valence-corrected chi connectivity index (χ3v) is 6.60. The predicted molar refractivity (Wildman–Crippen MR) is 64.7 cm³/mol. The second-order valence-corrected chi connectivity index (χ2v) is 6.67. The Hall–Kier alpha value is -0.760. The minimum Gasteiger partial charge on any atom is -0.466 e. The SMILES string of the molecule is CC1CC2OC3c4occc4C(C)C2(C)C13C. The molecule has 6 unspecified atom stereocenters. The first kappa shape index (κ1) is 10.2. The Labute approximate surface area is 102 Å². The van der Waals surface area contributed by atoms with Crippen LogP contribution in [0.3, 0.4) is 0 Å². The summed E-state index contributed by atoms with van der Waals surface area (Å²) in [5.41, 5.74) is 1.89. The summed E-state index contributed by atoms with van der Waals surface area (Å²) in [6.07, 6.45) is 3.63. The van der Waals surface area contributed by atoms with E-state index in [2.05, 4.69) is 33.8 Å². The van der Waals surface area contributed by atoms with Crippen LogP contribution < -0.4 is 0 Å². The van der Waals surface area contributed by atoms with Crippen LogP contribution in [-0.2, 0) is 4.74 Å². The molecule has 1 aromatic rings. The van der Waals surface area contributed by atoms with Crippen LogP contribution >= 0.6 is 0 Å². The molecule has 0 aromatic carbocycles. The van der Waals surface area contributed by atoms with Crippen LogP contribution in [-0.4, -0.2) is 6.10 Å². The van der Waals surface area contributed by atoms with Gasteiger partial charge in [0.05, 0.1) is 12.4 Å². The fourth-order valence-electron chi connectivity index (χ4n) is 5.04. The molecular weight excluding hydrogens is 212 g/mol. The van der Waals surface area contributed by atoms with Gasteiger partial charge in [0.1, 0.15) is 11.9 Å². The van der Waals surface area contributed by atoms with Crippen LogP contribution in [0, 0.1) is 16.7 Å². The third-order valence-electron chi connectivity index (χ3n) is 6.60. The lowest BCUT2D eigenvalue weighted by atomic mass is 9.53. The van der Waals surface area contributed by atoms with E-state index in [-0.39, 0.29) is 16.9 Å². The van der Waals surface area contributed by atoms with Crippen molar-refractivity contribution in [1.82, 2.24) is 0 Å². The fraction of sp³-hybridized carbons (Fsp3) is 0.733. The number of rotatable bonds is 0. The summed E-state index contributed by atoms with van der Waals surface area (Å²) in [5.74, 6) is 2.36. The molecule has 0 spiro atoms. The van der Waals surface area contributed by atoms with Gasteiger partial charge in [-0.25, -0.2) is 0 Å². The summed E-state index contributed by atoms with van der Waals surface area (Å²) < 4.78 is 12.1. The standard InChI is InChI=1S/C15H20O2/c1-8-7-11-15(4)9(2)10-5-6-16-12(10)13(17-11)14(8,15)3/h5-6,8-9,11,13H,7H2,1-4H3. The largest absolute Gasteiger partial charge is 0.466 e. The van der Waals surface area contributed by atoms with Gasteiger partial charge in [-0.1, -0.05) is 27.7 Å². The summed E-state index contributed by atoms with van der Waals surface area (Å²) in [6.45, 7) is 9.58. The zero-order chi connectivity index (χ0) is 12.0. The molecule has 0 N–H and O–H groups in total. The van der Waals surface area contributed by atoms with Gasteiger partial charge in [-0.15, -0.1) is 0 Å². The zero-order valence-electron chi connectivity index (χ0n) is 11.0. The van der Waals surface area contributed by atoms with Gasteiger partial charge in [0, 0.05) is 10.8 Å². The first-order valence-corrected chi connectivity index (χ1v) is 6.74. The average molecular weight is 232 g/mol. The number of furan rings is 1. The highest BCUT2D eigenvalue weighted by molar-refractivity contribution is 5.38. The van der Waals surface area contributed by atoms with Crippen LogP contribution in [0.1, 0.15) is 57.5 Å². The van der Waals surface area contributed by atoms with Crippen molar-refractivity contribution < 1.29 is 9.15 Å².